The van der Waals surface area contributed by atoms with Crippen molar-refractivity contribution in [3.8, 4) is 11.9 Å². The molecular weight excluding hydrogens is 366 g/mol. The van der Waals surface area contributed by atoms with Gasteiger partial charge in [-0.05, 0) is 50.1 Å². The van der Waals surface area contributed by atoms with Gasteiger partial charge in [0.15, 0.2) is 5.82 Å². The lowest BCUT2D eigenvalue weighted by Crippen LogP contribution is -2.17. The highest BCUT2D eigenvalue weighted by Crippen LogP contribution is 2.38. The van der Waals surface area contributed by atoms with E-state index in [0.717, 1.165) is 31.8 Å². The molecule has 0 atom stereocenters. The van der Waals surface area contributed by atoms with Gasteiger partial charge in [-0.25, -0.2) is 15.0 Å². The zero-order valence-corrected chi connectivity index (χ0v) is 16.5. The number of nitrogens with two attached hydrogens (primary N) is 1. The minimum absolute atomic E-state index is 0.388. The van der Waals surface area contributed by atoms with Crippen LogP contribution in [-0.2, 0) is 0 Å². The van der Waals surface area contributed by atoms with Gasteiger partial charge in [0.05, 0.1) is 25.2 Å². The number of nitriles is 1. The summed E-state index contributed by atoms with van der Waals surface area (Å²) in [7, 11) is 1.51. The van der Waals surface area contributed by atoms with Crippen LogP contribution in [0, 0.1) is 11.3 Å². The maximum absolute atomic E-state index is 8.68. The first-order chi connectivity index (χ1) is 14.2. The van der Waals surface area contributed by atoms with Gasteiger partial charge in [-0.3, -0.25) is 0 Å². The summed E-state index contributed by atoms with van der Waals surface area (Å²) >= 11 is 0. The fraction of sp³-hybridized carbons (Fsp3) is 0.381. The molecule has 1 saturated heterocycles. The van der Waals surface area contributed by atoms with Gasteiger partial charge in [-0.2, -0.15) is 10.2 Å². The average Bonchev–Trinajstić information content (AvgIpc) is 3.48. The summed E-state index contributed by atoms with van der Waals surface area (Å²) in [5, 5.41) is 8.68. The van der Waals surface area contributed by atoms with Crippen molar-refractivity contribution in [2.24, 2.45) is 10.7 Å². The third-order valence-corrected chi connectivity index (χ3v) is 4.64. The molecule has 4 rings (SSSR count). The van der Waals surface area contributed by atoms with E-state index in [-0.39, 0.29) is 0 Å². The number of allylic oxidation sites excluding steroid dienone is 1. The third kappa shape index (κ3) is 5.75. The van der Waals surface area contributed by atoms with E-state index in [1.807, 2.05) is 18.3 Å². The van der Waals surface area contributed by atoms with Crippen LogP contribution < -0.4 is 15.4 Å². The largest absolute Gasteiger partial charge is 0.480 e. The average molecular weight is 391 g/mol. The van der Waals surface area contributed by atoms with Gasteiger partial charge in [-0.15, -0.1) is 0 Å². The molecule has 29 heavy (non-hydrogen) atoms. The Morgan fingerprint density at radius 3 is 2.62 bits per heavy atom. The number of nitrogens with zero attached hydrogens (tertiary/aromatic N) is 6. The molecule has 2 aromatic heterocycles. The molecule has 3 heterocycles. The van der Waals surface area contributed by atoms with Crippen molar-refractivity contribution in [1.82, 2.24) is 15.0 Å². The smallest absolute Gasteiger partial charge is 0.234 e. The van der Waals surface area contributed by atoms with Crippen molar-refractivity contribution in [2.45, 2.75) is 31.6 Å². The van der Waals surface area contributed by atoms with Gasteiger partial charge in [0.2, 0.25) is 5.88 Å². The van der Waals surface area contributed by atoms with E-state index in [2.05, 4.69) is 30.9 Å². The Kier molecular flexibility index (Phi) is 7.11. The first kappa shape index (κ1) is 20.3. The highest BCUT2D eigenvalue weighted by atomic mass is 16.5. The highest BCUT2D eigenvalue weighted by Gasteiger charge is 2.27. The minimum atomic E-state index is 0.388. The lowest BCUT2D eigenvalue weighted by atomic mass is 10.3. The van der Waals surface area contributed by atoms with Gasteiger partial charge >= 0.3 is 0 Å². The molecule has 0 unspecified atom stereocenters. The molecule has 1 aliphatic carbocycles. The number of methoxy groups -OCH3 is 1. The van der Waals surface area contributed by atoms with Crippen LogP contribution in [0.15, 0.2) is 41.8 Å². The lowest BCUT2D eigenvalue weighted by Gasteiger charge is -2.16. The molecule has 2 aliphatic rings. The normalized spacial score (nSPS) is 15.9. The number of anilines is 1. The van der Waals surface area contributed by atoms with E-state index in [1.54, 1.807) is 12.3 Å². The van der Waals surface area contributed by atoms with E-state index < -0.39 is 0 Å². The summed E-state index contributed by atoms with van der Waals surface area (Å²) in [6.45, 7) is 2.28. The van der Waals surface area contributed by atoms with Crippen LogP contribution >= 0.6 is 0 Å². The quantitative estimate of drug-likeness (QED) is 0.779. The van der Waals surface area contributed by atoms with E-state index in [1.165, 1.54) is 38.0 Å². The maximum Gasteiger partial charge on any atom is 0.234 e. The Morgan fingerprint density at radius 1 is 1.24 bits per heavy atom. The number of ether oxygens (including phenoxy) is 1. The molecule has 1 aliphatic heterocycles. The predicted molar refractivity (Wildman–Crippen MR) is 112 cm³/mol. The van der Waals surface area contributed by atoms with Gasteiger partial charge in [0.1, 0.15) is 17.5 Å². The zero-order valence-electron chi connectivity index (χ0n) is 16.5. The van der Waals surface area contributed by atoms with Gasteiger partial charge in [0, 0.05) is 25.2 Å². The van der Waals surface area contributed by atoms with Crippen molar-refractivity contribution in [3.05, 3.63) is 48.2 Å². The van der Waals surface area contributed by atoms with Crippen LogP contribution in [0.2, 0.25) is 0 Å². The van der Waals surface area contributed by atoms with E-state index >= 15 is 0 Å². The second kappa shape index (κ2) is 10.2. The van der Waals surface area contributed by atoms with E-state index in [4.69, 9.17) is 15.7 Å². The Bertz CT molecular complexity index is 892. The summed E-state index contributed by atoms with van der Waals surface area (Å²) in [6, 6.07) is 5.97. The van der Waals surface area contributed by atoms with Crippen molar-refractivity contribution < 1.29 is 4.74 Å². The van der Waals surface area contributed by atoms with Crippen LogP contribution in [0.25, 0.3) is 0 Å². The molecule has 0 aromatic carbocycles. The Hall–Kier alpha value is -3.47. The Labute approximate surface area is 170 Å². The third-order valence-electron chi connectivity index (χ3n) is 4.64. The molecule has 0 bridgehead atoms. The summed E-state index contributed by atoms with van der Waals surface area (Å²) in [6.07, 6.45) is 13.0. The first-order valence-electron chi connectivity index (χ1n) is 9.68. The van der Waals surface area contributed by atoms with E-state index in [0.29, 0.717) is 23.2 Å². The second-order valence-electron chi connectivity index (χ2n) is 6.77. The van der Waals surface area contributed by atoms with Gasteiger partial charge in [0.25, 0.3) is 0 Å². The molecule has 1 saturated carbocycles. The SMILES string of the molecule is COc1nc(C2CC2)ncc1C#N.N/C=C\C=Nc1ccc(N2CCCC2)cn1. The minimum Gasteiger partial charge on any atom is -0.480 e. The van der Waals surface area contributed by atoms with Gasteiger partial charge in [-0.1, -0.05) is 0 Å². The maximum atomic E-state index is 8.68. The van der Waals surface area contributed by atoms with Gasteiger partial charge < -0.3 is 15.4 Å². The summed E-state index contributed by atoms with van der Waals surface area (Å²) < 4.78 is 4.98. The van der Waals surface area contributed by atoms with Crippen molar-refractivity contribution in [3.63, 3.8) is 0 Å². The van der Waals surface area contributed by atoms with Crippen molar-refractivity contribution in [1.29, 1.82) is 5.26 Å². The molecule has 0 spiro atoms. The first-order valence-corrected chi connectivity index (χ1v) is 9.68. The summed E-state index contributed by atoms with van der Waals surface area (Å²) in [4.78, 5) is 19.0. The summed E-state index contributed by atoms with van der Waals surface area (Å²) in [5.41, 5.74) is 6.78. The number of hydrogen-bond donors (Lipinski definition) is 1. The van der Waals surface area contributed by atoms with Crippen LogP contribution in [-0.4, -0.2) is 41.4 Å². The van der Waals surface area contributed by atoms with Crippen LogP contribution in [0.5, 0.6) is 5.88 Å². The molecular formula is C21H25N7O. The number of pyridine rings is 1. The zero-order chi connectivity index (χ0) is 20.5. The molecule has 8 nitrogen and oxygen atoms in total. The molecule has 2 fully saturated rings. The second-order valence-corrected chi connectivity index (χ2v) is 6.77. The number of aromatic nitrogens is 3. The monoisotopic (exact) mass is 391 g/mol. The topological polar surface area (TPSA) is 113 Å². The molecule has 2 N–H and O–H groups in total. The lowest BCUT2D eigenvalue weighted by molar-refractivity contribution is 0.393. The summed E-state index contributed by atoms with van der Waals surface area (Å²) in [5.74, 6) is 2.39. The van der Waals surface area contributed by atoms with Crippen molar-refractivity contribution >= 4 is 17.7 Å². The van der Waals surface area contributed by atoms with E-state index in [9.17, 15) is 0 Å². The standard InChI is InChI=1S/C12H16N4.C9H9N3O/c13-6-3-7-14-12-5-4-11(10-15-12)16-8-1-2-9-16;1-13-9-7(4-10)5-11-8(12-9)6-2-3-6/h3-7,10H,1-2,8-9,13H2;5-6H,2-3H2,1H3/b6-3-,14-7?;. The fourth-order valence-electron chi connectivity index (χ4n) is 2.94. The molecule has 2 aromatic rings. The Morgan fingerprint density at radius 2 is 2.03 bits per heavy atom. The highest BCUT2D eigenvalue weighted by molar-refractivity contribution is 5.73. The Balaban J connectivity index is 0.000000169. The number of hydrogen-bond acceptors (Lipinski definition) is 8. The van der Waals surface area contributed by atoms with Crippen LogP contribution in [0.4, 0.5) is 11.5 Å². The number of rotatable bonds is 5. The molecule has 8 heteroatoms. The molecule has 0 amide bonds. The molecule has 150 valence electrons. The van der Waals surface area contributed by atoms with Crippen LogP contribution in [0.3, 0.4) is 0 Å². The number of aliphatic imine (C=N–C) groups is 1. The molecule has 0 radical (unpaired) electrons. The van der Waals surface area contributed by atoms with Crippen LogP contribution in [0.1, 0.15) is 43.0 Å². The fourth-order valence-corrected chi connectivity index (χ4v) is 2.94. The van der Waals surface area contributed by atoms with Crippen molar-refractivity contribution in [2.75, 3.05) is 25.1 Å². The predicted octanol–water partition coefficient (Wildman–Crippen LogP) is 3.09.